The summed E-state index contributed by atoms with van der Waals surface area (Å²) in [6.45, 7) is 0. The number of fused-ring (bicyclic) bond motifs is 1. The second kappa shape index (κ2) is 7.22. The van der Waals surface area contributed by atoms with Crippen molar-refractivity contribution >= 4 is 16.9 Å². The van der Waals surface area contributed by atoms with E-state index in [-0.39, 0.29) is 22.4 Å². The topological polar surface area (TPSA) is 116 Å². The van der Waals surface area contributed by atoms with Crippen molar-refractivity contribution in [2.45, 2.75) is 0 Å². The number of para-hydroxylation sites is 1. The van der Waals surface area contributed by atoms with Gasteiger partial charge in [0, 0.05) is 19.7 Å². The number of anilines is 1. The normalized spacial score (nSPS) is 10.7. The number of hydrogen-bond donors (Lipinski definition) is 1. The van der Waals surface area contributed by atoms with Crippen molar-refractivity contribution in [3.8, 4) is 28.7 Å². The second-order valence-electron chi connectivity index (χ2n) is 6.71. The van der Waals surface area contributed by atoms with E-state index in [2.05, 4.69) is 4.98 Å². The van der Waals surface area contributed by atoms with Crippen LogP contribution in [0.5, 0.6) is 11.5 Å². The van der Waals surface area contributed by atoms with E-state index in [9.17, 15) is 14.9 Å². The van der Waals surface area contributed by atoms with Crippen LogP contribution in [-0.2, 0) is 14.1 Å². The molecule has 2 aromatic heterocycles. The minimum absolute atomic E-state index is 0.0577. The molecular weight excluding hydrogens is 382 g/mol. The number of aromatic nitrogens is 3. The molecule has 0 aliphatic carbocycles. The molecule has 0 fully saturated rings. The van der Waals surface area contributed by atoms with E-state index in [1.54, 1.807) is 24.3 Å². The molecule has 0 atom stereocenters. The van der Waals surface area contributed by atoms with E-state index in [0.29, 0.717) is 22.6 Å². The van der Waals surface area contributed by atoms with Gasteiger partial charge in [0.25, 0.3) is 5.56 Å². The molecule has 0 saturated carbocycles. The monoisotopic (exact) mass is 399 g/mol. The Kier molecular flexibility index (Phi) is 4.56. The molecule has 0 bridgehead atoms. The zero-order valence-corrected chi connectivity index (χ0v) is 16.3. The molecule has 148 valence electrons. The number of rotatable bonds is 3. The highest BCUT2D eigenvalue weighted by atomic mass is 16.5. The number of aryl methyl sites for hydroxylation is 1. The molecule has 8 nitrogen and oxygen atoms in total. The summed E-state index contributed by atoms with van der Waals surface area (Å²) in [7, 11) is 2.88. The van der Waals surface area contributed by atoms with Crippen molar-refractivity contribution in [1.29, 1.82) is 5.26 Å². The molecule has 4 aromatic rings. The number of pyridine rings is 1. The smallest absolute Gasteiger partial charge is 0.332 e. The summed E-state index contributed by atoms with van der Waals surface area (Å²) in [5.41, 5.74) is 5.97. The summed E-state index contributed by atoms with van der Waals surface area (Å²) in [6, 6.07) is 18.3. The van der Waals surface area contributed by atoms with E-state index >= 15 is 0 Å². The lowest BCUT2D eigenvalue weighted by atomic mass is 9.97. The van der Waals surface area contributed by atoms with Crippen LogP contribution in [0.1, 0.15) is 5.56 Å². The summed E-state index contributed by atoms with van der Waals surface area (Å²) >= 11 is 0. The molecule has 0 amide bonds. The first-order valence-corrected chi connectivity index (χ1v) is 9.05. The summed E-state index contributed by atoms with van der Waals surface area (Å²) in [6.07, 6.45) is 0. The number of hydrogen-bond acceptors (Lipinski definition) is 6. The van der Waals surface area contributed by atoms with Gasteiger partial charge in [0.05, 0.1) is 5.39 Å². The fourth-order valence-corrected chi connectivity index (χ4v) is 3.35. The number of nitrogens with two attached hydrogens (primary N) is 1. The zero-order chi connectivity index (χ0) is 21.4. The highest BCUT2D eigenvalue weighted by molar-refractivity contribution is 5.98. The number of ether oxygens (including phenoxy) is 1. The van der Waals surface area contributed by atoms with Crippen LogP contribution in [0.2, 0.25) is 0 Å². The predicted octanol–water partition coefficient (Wildman–Crippen LogP) is 2.55. The second-order valence-corrected chi connectivity index (χ2v) is 6.71. The maximum absolute atomic E-state index is 13.0. The van der Waals surface area contributed by atoms with Crippen molar-refractivity contribution in [2.75, 3.05) is 5.73 Å². The molecule has 2 N–H and O–H groups in total. The SMILES string of the molecule is Cn1c(=O)c2c(-c3cccc(Oc4ccccc4)c3)c(C#N)c(N)nc2n(C)c1=O. The molecular formula is C22H17N5O3. The van der Waals surface area contributed by atoms with Crippen molar-refractivity contribution in [2.24, 2.45) is 14.1 Å². The van der Waals surface area contributed by atoms with Crippen LogP contribution in [0, 0.1) is 11.3 Å². The maximum atomic E-state index is 13.0. The fraction of sp³-hybridized carbons (Fsp3) is 0.0909. The van der Waals surface area contributed by atoms with Crippen LogP contribution in [0.25, 0.3) is 22.2 Å². The maximum Gasteiger partial charge on any atom is 0.332 e. The van der Waals surface area contributed by atoms with Gasteiger partial charge in [0.2, 0.25) is 0 Å². The molecule has 0 unspecified atom stereocenters. The Hall–Kier alpha value is -4.38. The van der Waals surface area contributed by atoms with Gasteiger partial charge in [-0.05, 0) is 29.8 Å². The highest BCUT2D eigenvalue weighted by Crippen LogP contribution is 2.34. The Morgan fingerprint density at radius 2 is 1.70 bits per heavy atom. The van der Waals surface area contributed by atoms with Gasteiger partial charge in [-0.25, -0.2) is 9.78 Å². The largest absolute Gasteiger partial charge is 0.457 e. The third-order valence-electron chi connectivity index (χ3n) is 4.83. The number of nitrogens with zero attached hydrogens (tertiary/aromatic N) is 4. The van der Waals surface area contributed by atoms with E-state index in [4.69, 9.17) is 10.5 Å². The van der Waals surface area contributed by atoms with Crippen LogP contribution in [0.15, 0.2) is 64.2 Å². The number of nitriles is 1. The van der Waals surface area contributed by atoms with E-state index in [0.717, 1.165) is 4.57 Å². The lowest BCUT2D eigenvalue weighted by Crippen LogP contribution is -2.37. The van der Waals surface area contributed by atoms with Crippen LogP contribution in [0.4, 0.5) is 5.82 Å². The fourth-order valence-electron chi connectivity index (χ4n) is 3.35. The van der Waals surface area contributed by atoms with Gasteiger partial charge >= 0.3 is 5.69 Å². The molecule has 0 aliphatic heterocycles. The van der Waals surface area contributed by atoms with Crippen molar-refractivity contribution < 1.29 is 4.74 Å². The van der Waals surface area contributed by atoms with Crippen molar-refractivity contribution in [3.05, 3.63) is 81.0 Å². The third-order valence-corrected chi connectivity index (χ3v) is 4.83. The molecule has 4 rings (SSSR count). The molecule has 0 aliphatic rings. The van der Waals surface area contributed by atoms with Gasteiger partial charge in [-0.2, -0.15) is 5.26 Å². The first-order chi connectivity index (χ1) is 14.4. The quantitative estimate of drug-likeness (QED) is 0.566. The van der Waals surface area contributed by atoms with Gasteiger partial charge in [0.1, 0.15) is 28.9 Å². The third kappa shape index (κ3) is 2.99. The summed E-state index contributed by atoms with van der Waals surface area (Å²) in [5, 5.41) is 9.87. The Morgan fingerprint density at radius 3 is 2.40 bits per heavy atom. The van der Waals surface area contributed by atoms with Crippen LogP contribution < -0.4 is 21.7 Å². The molecule has 2 heterocycles. The molecule has 30 heavy (non-hydrogen) atoms. The highest BCUT2D eigenvalue weighted by Gasteiger charge is 2.21. The molecule has 2 aromatic carbocycles. The molecule has 0 radical (unpaired) electrons. The van der Waals surface area contributed by atoms with E-state index in [1.165, 1.54) is 18.7 Å². The summed E-state index contributed by atoms with van der Waals surface area (Å²) in [5.74, 6) is 1.11. The molecule has 0 spiro atoms. The standard InChI is InChI=1S/C22H17N5O3/c1-26-20-18(21(28)27(2)22(26)29)17(16(12-23)19(24)25-20)13-7-6-10-15(11-13)30-14-8-4-3-5-9-14/h3-11H,1-2H3,(H2,24,25). The van der Waals surface area contributed by atoms with Crippen LogP contribution in [-0.4, -0.2) is 14.1 Å². The lowest BCUT2D eigenvalue weighted by molar-refractivity contribution is 0.483. The van der Waals surface area contributed by atoms with Crippen molar-refractivity contribution in [1.82, 2.24) is 14.1 Å². The van der Waals surface area contributed by atoms with Crippen molar-refractivity contribution in [3.63, 3.8) is 0 Å². The van der Waals surface area contributed by atoms with Crippen LogP contribution in [0.3, 0.4) is 0 Å². The minimum atomic E-state index is -0.554. The minimum Gasteiger partial charge on any atom is -0.457 e. The Balaban J connectivity index is 2.04. The Labute approximate surface area is 171 Å². The lowest BCUT2D eigenvalue weighted by Gasteiger charge is -2.14. The van der Waals surface area contributed by atoms with Gasteiger partial charge in [-0.15, -0.1) is 0 Å². The zero-order valence-electron chi connectivity index (χ0n) is 16.3. The average Bonchev–Trinajstić information content (AvgIpc) is 2.76. The Bertz CT molecular complexity index is 1450. The van der Waals surface area contributed by atoms with Gasteiger partial charge in [-0.3, -0.25) is 13.9 Å². The number of benzene rings is 2. The van der Waals surface area contributed by atoms with E-state index < -0.39 is 11.2 Å². The predicted molar refractivity (Wildman–Crippen MR) is 113 cm³/mol. The molecule has 8 heteroatoms. The molecule has 0 saturated heterocycles. The number of nitrogen functional groups attached to an aromatic ring is 1. The van der Waals surface area contributed by atoms with Gasteiger partial charge in [-0.1, -0.05) is 30.3 Å². The van der Waals surface area contributed by atoms with Gasteiger partial charge < -0.3 is 10.5 Å². The summed E-state index contributed by atoms with van der Waals surface area (Å²) in [4.78, 5) is 29.5. The first kappa shape index (κ1) is 19.0. The Morgan fingerprint density at radius 1 is 1.00 bits per heavy atom. The van der Waals surface area contributed by atoms with E-state index in [1.807, 2.05) is 36.4 Å². The summed E-state index contributed by atoms with van der Waals surface area (Å²) < 4.78 is 8.10. The average molecular weight is 399 g/mol. The first-order valence-electron chi connectivity index (χ1n) is 9.05. The van der Waals surface area contributed by atoms with Crippen LogP contribution >= 0.6 is 0 Å². The van der Waals surface area contributed by atoms with Gasteiger partial charge in [0.15, 0.2) is 5.65 Å².